The van der Waals surface area contributed by atoms with Crippen LogP contribution in [-0.4, -0.2) is 14.2 Å². The van der Waals surface area contributed by atoms with Gasteiger partial charge in [0.2, 0.25) is 0 Å². The molecule has 0 bridgehead atoms. The Balaban J connectivity index is 1.80. The molecule has 2 unspecified atom stereocenters. The molecule has 2 rings (SSSR count). The highest BCUT2D eigenvalue weighted by atomic mass is 32.3. The summed E-state index contributed by atoms with van der Waals surface area (Å²) in [6.07, 6.45) is 3.60. The molecule has 0 saturated carbocycles. The van der Waals surface area contributed by atoms with Gasteiger partial charge in [-0.1, -0.05) is 0 Å². The predicted octanol–water partition coefficient (Wildman–Crippen LogP) is 3.91. The van der Waals surface area contributed by atoms with Crippen molar-refractivity contribution in [3.63, 3.8) is 0 Å². The Bertz CT molecular complexity index is 469. The molecule has 0 aromatic carbocycles. The number of hydrogen-bond acceptors (Lipinski definition) is 4. The molecule has 2 aromatic heterocycles. The fraction of sp³-hybridized carbons (Fsp3) is 0.0769. The molecule has 6 heteroatoms. The molecule has 19 heavy (non-hydrogen) atoms. The maximum atomic E-state index is 11.7. The third-order valence-corrected chi connectivity index (χ3v) is 6.28. The zero-order chi connectivity index (χ0) is 13.5. The van der Waals surface area contributed by atoms with Gasteiger partial charge >= 0.3 is 0 Å². The fourth-order valence-electron chi connectivity index (χ4n) is 1.24. The van der Waals surface area contributed by atoms with E-state index >= 15 is 0 Å². The van der Waals surface area contributed by atoms with Gasteiger partial charge in [0.25, 0.3) is 5.08 Å². The molecule has 0 aliphatic heterocycles. The molecular formula is C13H12O2S4. The highest BCUT2D eigenvalue weighted by Crippen LogP contribution is 2.12. The lowest BCUT2D eigenvalue weighted by Gasteiger charge is -2.07. The molecule has 0 saturated heterocycles. The van der Waals surface area contributed by atoms with Crippen molar-refractivity contribution >= 4 is 57.2 Å². The molecule has 2 atom stereocenters. The Morgan fingerprint density at radius 3 is 1.74 bits per heavy atom. The van der Waals surface area contributed by atoms with Gasteiger partial charge in [-0.3, -0.25) is 0 Å². The number of rotatable bonds is 6. The molecule has 0 aliphatic carbocycles. The lowest BCUT2D eigenvalue weighted by atomic mass is 10.3. The molecule has 100 valence electrons. The third kappa shape index (κ3) is 5.56. The summed E-state index contributed by atoms with van der Waals surface area (Å²) in [5.74, 6) is 0. The fourth-order valence-corrected chi connectivity index (χ4v) is 4.66. The van der Waals surface area contributed by atoms with Crippen LogP contribution in [0, 0.1) is 0 Å². The molecule has 2 heterocycles. The first kappa shape index (κ1) is 14.9. The van der Waals surface area contributed by atoms with Crippen molar-refractivity contribution in [2.24, 2.45) is 0 Å². The van der Waals surface area contributed by atoms with Gasteiger partial charge in [0.05, 0.1) is 0 Å². The second-order valence-electron chi connectivity index (χ2n) is 3.60. The molecule has 0 aliphatic rings. The minimum absolute atomic E-state index is 0.140. The van der Waals surface area contributed by atoms with Crippen molar-refractivity contribution in [2.75, 3.05) is 5.08 Å². The van der Waals surface area contributed by atoms with Crippen LogP contribution in [-0.2, 0) is 22.4 Å². The summed E-state index contributed by atoms with van der Waals surface area (Å²) in [5, 5.41) is 11.2. The minimum Gasteiger partial charge on any atom is -0.608 e. The van der Waals surface area contributed by atoms with Gasteiger partial charge < -0.3 is 9.11 Å². The van der Waals surface area contributed by atoms with Crippen LogP contribution in [0.4, 0.5) is 0 Å². The first-order chi connectivity index (χ1) is 9.24. The second-order valence-corrected chi connectivity index (χ2v) is 8.17. The highest BCUT2D eigenvalue weighted by molar-refractivity contribution is 8.10. The molecule has 0 N–H and O–H groups in total. The van der Waals surface area contributed by atoms with E-state index in [0.717, 1.165) is 11.1 Å². The Morgan fingerprint density at radius 1 is 0.895 bits per heavy atom. The maximum Gasteiger partial charge on any atom is 0.262 e. The topological polar surface area (TPSA) is 46.1 Å². The van der Waals surface area contributed by atoms with E-state index in [-0.39, 0.29) is 5.08 Å². The first-order valence-electron chi connectivity index (χ1n) is 5.39. The molecule has 0 radical (unpaired) electrons. The van der Waals surface area contributed by atoms with Crippen LogP contribution in [0.15, 0.2) is 44.5 Å². The van der Waals surface area contributed by atoms with E-state index in [0.29, 0.717) is 0 Å². The van der Waals surface area contributed by atoms with Crippen LogP contribution >= 0.6 is 22.7 Å². The summed E-state index contributed by atoms with van der Waals surface area (Å²) in [5.41, 5.74) is 2.05. The van der Waals surface area contributed by atoms with Gasteiger partial charge in [-0.2, -0.15) is 22.7 Å². The highest BCUT2D eigenvalue weighted by Gasteiger charge is 2.11. The second kappa shape index (κ2) is 7.94. The van der Waals surface area contributed by atoms with Gasteiger partial charge in [0.15, 0.2) is 0 Å². The van der Waals surface area contributed by atoms with Gasteiger partial charge in [-0.15, -0.1) is 0 Å². The van der Waals surface area contributed by atoms with Crippen LogP contribution < -0.4 is 0 Å². The van der Waals surface area contributed by atoms with E-state index in [1.54, 1.807) is 45.6 Å². The van der Waals surface area contributed by atoms with Crippen LogP contribution in [0.2, 0.25) is 0 Å². The van der Waals surface area contributed by atoms with E-state index < -0.39 is 22.4 Å². The summed E-state index contributed by atoms with van der Waals surface area (Å²) in [4.78, 5) is 0. The van der Waals surface area contributed by atoms with Crippen molar-refractivity contribution < 1.29 is 9.11 Å². The monoisotopic (exact) mass is 328 g/mol. The van der Waals surface area contributed by atoms with Gasteiger partial charge in [-0.05, 0) is 56.9 Å². The van der Waals surface area contributed by atoms with E-state index in [2.05, 4.69) is 0 Å². The summed E-state index contributed by atoms with van der Waals surface area (Å²) in [6.45, 7) is 0. The smallest absolute Gasteiger partial charge is 0.262 e. The van der Waals surface area contributed by atoms with Crippen molar-refractivity contribution in [3.05, 3.63) is 55.6 Å². The van der Waals surface area contributed by atoms with Crippen LogP contribution in [0.25, 0.3) is 12.2 Å². The summed E-state index contributed by atoms with van der Waals surface area (Å²) in [6, 6.07) is 3.90. The van der Waals surface area contributed by atoms with Gasteiger partial charge in [-0.25, -0.2) is 0 Å². The lowest BCUT2D eigenvalue weighted by Crippen LogP contribution is -2.11. The Labute approximate surface area is 126 Å². The average Bonchev–Trinajstić information content (AvgIpc) is 3.07. The Hall–Kier alpha value is -0.500. The zero-order valence-corrected chi connectivity index (χ0v) is 13.2. The van der Waals surface area contributed by atoms with Crippen LogP contribution in [0.3, 0.4) is 0 Å². The molecule has 0 amide bonds. The SMILES string of the molecule is [O-][S+](/C=C\c1ccsc1)C[S+]([O-])/C=C/c1ccsc1. The molecular weight excluding hydrogens is 316 g/mol. The number of thiophene rings is 2. The van der Waals surface area contributed by atoms with Crippen molar-refractivity contribution in [1.29, 1.82) is 0 Å². The van der Waals surface area contributed by atoms with Crippen LogP contribution in [0.5, 0.6) is 0 Å². The van der Waals surface area contributed by atoms with Crippen molar-refractivity contribution in [1.82, 2.24) is 0 Å². The van der Waals surface area contributed by atoms with Gasteiger partial charge in [0, 0.05) is 22.4 Å². The maximum absolute atomic E-state index is 11.7. The zero-order valence-electron chi connectivity index (χ0n) is 9.93. The van der Waals surface area contributed by atoms with E-state index in [4.69, 9.17) is 0 Å². The summed E-state index contributed by atoms with van der Waals surface area (Å²) in [7, 11) is 0. The first-order valence-corrected chi connectivity index (χ1v) is 10.0. The minimum atomic E-state index is -1.21. The average molecular weight is 329 g/mol. The van der Waals surface area contributed by atoms with E-state index in [9.17, 15) is 9.11 Å². The number of hydrogen-bond donors (Lipinski definition) is 0. The van der Waals surface area contributed by atoms with Gasteiger partial charge in [0.1, 0.15) is 10.8 Å². The largest absolute Gasteiger partial charge is 0.608 e. The predicted molar refractivity (Wildman–Crippen MR) is 87.9 cm³/mol. The molecule has 2 aromatic rings. The van der Waals surface area contributed by atoms with Crippen molar-refractivity contribution in [2.45, 2.75) is 0 Å². The van der Waals surface area contributed by atoms with E-state index in [1.807, 2.05) is 33.7 Å². The molecule has 2 nitrogen and oxygen atoms in total. The molecule has 0 fully saturated rings. The van der Waals surface area contributed by atoms with Crippen LogP contribution in [0.1, 0.15) is 11.1 Å². The Kier molecular flexibility index (Phi) is 6.22. The molecule has 0 spiro atoms. The Morgan fingerprint density at radius 2 is 1.37 bits per heavy atom. The normalized spacial score (nSPS) is 15.3. The summed E-state index contributed by atoms with van der Waals surface area (Å²) < 4.78 is 23.4. The third-order valence-electron chi connectivity index (χ3n) is 2.14. The standard InChI is InChI=1S/C13H12O2S4/c14-18(7-3-12-1-5-16-9-12)11-19(15)8-4-13-2-6-17-10-13/h1-10H,11H2/b7-3-,8-4+. The van der Waals surface area contributed by atoms with E-state index in [1.165, 1.54) is 0 Å². The summed E-state index contributed by atoms with van der Waals surface area (Å²) >= 11 is 0.767. The van der Waals surface area contributed by atoms with Crippen molar-refractivity contribution in [3.8, 4) is 0 Å². The lowest BCUT2D eigenvalue weighted by molar-refractivity contribution is 0.596. The quantitative estimate of drug-likeness (QED) is 0.755.